The third-order valence-corrected chi connectivity index (χ3v) is 3.01. The van der Waals surface area contributed by atoms with E-state index in [1.54, 1.807) is 36.4 Å². The van der Waals surface area contributed by atoms with E-state index in [4.69, 9.17) is 14.7 Å². The highest BCUT2D eigenvalue weighted by Crippen LogP contribution is 2.22. The van der Waals surface area contributed by atoms with E-state index >= 15 is 0 Å². The van der Waals surface area contributed by atoms with Crippen LogP contribution in [0.5, 0.6) is 11.5 Å². The molecule has 0 amide bonds. The lowest BCUT2D eigenvalue weighted by atomic mass is 10.2. The summed E-state index contributed by atoms with van der Waals surface area (Å²) in [6.45, 7) is 1.91. The molecule has 0 aliphatic carbocycles. The number of ether oxygens (including phenoxy) is 2. The molecule has 0 aromatic heterocycles. The molecule has 0 fully saturated rings. The SMILES string of the molecule is CCC(Oc1ccccc1C=O)Oc1ccccc1/C=N/O. The third-order valence-electron chi connectivity index (χ3n) is 3.01. The second-order valence-electron chi connectivity index (χ2n) is 4.51. The van der Waals surface area contributed by atoms with Crippen LogP contribution in [0.1, 0.15) is 29.3 Å². The fourth-order valence-corrected chi connectivity index (χ4v) is 1.92. The minimum Gasteiger partial charge on any atom is -0.454 e. The van der Waals surface area contributed by atoms with Crippen molar-refractivity contribution in [3.63, 3.8) is 0 Å². The quantitative estimate of drug-likeness (QED) is 0.279. The second kappa shape index (κ2) is 7.83. The molecule has 2 aromatic carbocycles. The first-order valence-corrected chi connectivity index (χ1v) is 6.92. The highest BCUT2D eigenvalue weighted by molar-refractivity contribution is 5.83. The number of hydrogen-bond acceptors (Lipinski definition) is 5. The van der Waals surface area contributed by atoms with Crippen molar-refractivity contribution in [1.29, 1.82) is 0 Å². The molecule has 5 nitrogen and oxygen atoms in total. The van der Waals surface area contributed by atoms with E-state index in [2.05, 4.69) is 5.16 Å². The van der Waals surface area contributed by atoms with Gasteiger partial charge in [-0.3, -0.25) is 4.79 Å². The number of nitrogens with zero attached hydrogens (tertiary/aromatic N) is 1. The standard InChI is InChI=1S/C17H17NO4/c1-2-17(22-16-10-6-4-8-14(16)12-19)21-15-9-5-3-7-13(15)11-18-20/h3-12,17,20H,2H2,1H3/b18-11+. The number of hydrogen-bond donors (Lipinski definition) is 1. The summed E-state index contributed by atoms with van der Waals surface area (Å²) >= 11 is 0. The summed E-state index contributed by atoms with van der Waals surface area (Å²) in [5.74, 6) is 1.01. The first kappa shape index (κ1) is 15.6. The Kier molecular flexibility index (Phi) is 5.54. The zero-order valence-corrected chi connectivity index (χ0v) is 12.2. The second-order valence-corrected chi connectivity index (χ2v) is 4.51. The molecule has 0 aliphatic rings. The monoisotopic (exact) mass is 299 g/mol. The van der Waals surface area contributed by atoms with E-state index in [0.29, 0.717) is 29.0 Å². The zero-order chi connectivity index (χ0) is 15.8. The fourth-order valence-electron chi connectivity index (χ4n) is 1.92. The lowest BCUT2D eigenvalue weighted by Crippen LogP contribution is -2.24. The van der Waals surface area contributed by atoms with Gasteiger partial charge in [-0.25, -0.2) is 0 Å². The van der Waals surface area contributed by atoms with Gasteiger partial charge < -0.3 is 14.7 Å². The molecule has 0 saturated heterocycles. The summed E-state index contributed by atoms with van der Waals surface area (Å²) in [4.78, 5) is 11.0. The number of carbonyl (C=O) groups is 1. The molecule has 1 atom stereocenters. The van der Waals surface area contributed by atoms with Crippen LogP contribution in [-0.2, 0) is 0 Å². The van der Waals surface area contributed by atoms with Gasteiger partial charge in [-0.1, -0.05) is 36.3 Å². The van der Waals surface area contributed by atoms with Crippen molar-refractivity contribution < 1.29 is 19.5 Å². The van der Waals surface area contributed by atoms with E-state index in [1.807, 2.05) is 19.1 Å². The molecule has 0 saturated carbocycles. The van der Waals surface area contributed by atoms with Crippen molar-refractivity contribution in [2.75, 3.05) is 0 Å². The van der Waals surface area contributed by atoms with Crippen LogP contribution in [0.4, 0.5) is 0 Å². The molecular formula is C17H17NO4. The van der Waals surface area contributed by atoms with Crippen molar-refractivity contribution in [2.24, 2.45) is 5.16 Å². The van der Waals surface area contributed by atoms with Gasteiger partial charge in [-0.2, -0.15) is 0 Å². The molecule has 1 unspecified atom stereocenters. The summed E-state index contributed by atoms with van der Waals surface area (Å²) in [7, 11) is 0. The molecule has 22 heavy (non-hydrogen) atoms. The van der Waals surface area contributed by atoms with Gasteiger partial charge in [-0.05, 0) is 24.3 Å². The van der Waals surface area contributed by atoms with Crippen LogP contribution in [0.3, 0.4) is 0 Å². The average Bonchev–Trinajstić information content (AvgIpc) is 2.56. The van der Waals surface area contributed by atoms with Gasteiger partial charge in [-0.15, -0.1) is 0 Å². The molecule has 0 radical (unpaired) electrons. The number of rotatable bonds is 7. The van der Waals surface area contributed by atoms with Crippen LogP contribution in [0.15, 0.2) is 53.7 Å². The van der Waals surface area contributed by atoms with Crippen molar-refractivity contribution in [1.82, 2.24) is 0 Å². The molecule has 114 valence electrons. The Labute approximate surface area is 128 Å². The van der Waals surface area contributed by atoms with E-state index in [-0.39, 0.29) is 0 Å². The summed E-state index contributed by atoms with van der Waals surface area (Å²) in [6, 6.07) is 14.1. The first-order chi connectivity index (χ1) is 10.8. The molecule has 0 aliphatic heterocycles. The van der Waals surface area contributed by atoms with Gasteiger partial charge >= 0.3 is 0 Å². The lowest BCUT2D eigenvalue weighted by Gasteiger charge is -2.20. The predicted molar refractivity (Wildman–Crippen MR) is 83.0 cm³/mol. The van der Waals surface area contributed by atoms with Crippen molar-refractivity contribution in [2.45, 2.75) is 19.6 Å². The topological polar surface area (TPSA) is 68.1 Å². The lowest BCUT2D eigenvalue weighted by molar-refractivity contribution is 0.00282. The van der Waals surface area contributed by atoms with Crippen LogP contribution in [0, 0.1) is 0 Å². The molecule has 0 heterocycles. The van der Waals surface area contributed by atoms with E-state index in [0.717, 1.165) is 6.29 Å². The Morgan fingerprint density at radius 2 is 1.59 bits per heavy atom. The van der Waals surface area contributed by atoms with Crippen LogP contribution < -0.4 is 9.47 Å². The fraction of sp³-hybridized carbons (Fsp3) is 0.176. The van der Waals surface area contributed by atoms with Crippen LogP contribution in [0.25, 0.3) is 0 Å². The summed E-state index contributed by atoms with van der Waals surface area (Å²) < 4.78 is 11.6. The number of carbonyl (C=O) groups excluding carboxylic acids is 1. The minimum absolute atomic E-state index is 0.467. The number of para-hydroxylation sites is 2. The van der Waals surface area contributed by atoms with Crippen LogP contribution in [0.2, 0.25) is 0 Å². The van der Waals surface area contributed by atoms with E-state index in [9.17, 15) is 4.79 Å². The predicted octanol–water partition coefficient (Wildman–Crippen LogP) is 3.50. The molecular weight excluding hydrogens is 282 g/mol. The van der Waals surface area contributed by atoms with Gasteiger partial charge in [0.1, 0.15) is 11.5 Å². The van der Waals surface area contributed by atoms with Gasteiger partial charge in [0, 0.05) is 12.0 Å². The molecule has 1 N–H and O–H groups in total. The van der Waals surface area contributed by atoms with Gasteiger partial charge in [0.2, 0.25) is 6.29 Å². The largest absolute Gasteiger partial charge is 0.454 e. The maximum atomic E-state index is 11.0. The van der Waals surface area contributed by atoms with E-state index in [1.165, 1.54) is 6.21 Å². The average molecular weight is 299 g/mol. The summed E-state index contributed by atoms with van der Waals surface area (Å²) in [5, 5.41) is 11.7. The molecule has 5 heteroatoms. The number of oxime groups is 1. The maximum Gasteiger partial charge on any atom is 0.240 e. The van der Waals surface area contributed by atoms with Crippen LogP contribution in [-0.4, -0.2) is 24.0 Å². The van der Waals surface area contributed by atoms with E-state index < -0.39 is 6.29 Å². The first-order valence-electron chi connectivity index (χ1n) is 6.92. The third kappa shape index (κ3) is 3.85. The summed E-state index contributed by atoms with van der Waals surface area (Å²) in [6.07, 6.45) is 2.06. The Balaban J connectivity index is 2.18. The van der Waals surface area contributed by atoms with Gasteiger partial charge in [0.15, 0.2) is 6.29 Å². The minimum atomic E-state index is -0.561. The molecule has 2 rings (SSSR count). The van der Waals surface area contributed by atoms with Crippen molar-refractivity contribution >= 4 is 12.5 Å². The zero-order valence-electron chi connectivity index (χ0n) is 12.2. The van der Waals surface area contributed by atoms with Crippen LogP contribution >= 0.6 is 0 Å². The normalized spacial score (nSPS) is 12.0. The molecule has 2 aromatic rings. The number of aldehydes is 1. The molecule has 0 bridgehead atoms. The summed E-state index contributed by atoms with van der Waals surface area (Å²) in [5.41, 5.74) is 1.10. The number of benzene rings is 2. The Morgan fingerprint density at radius 1 is 1.05 bits per heavy atom. The smallest absolute Gasteiger partial charge is 0.240 e. The Morgan fingerprint density at radius 3 is 2.14 bits per heavy atom. The van der Waals surface area contributed by atoms with Crippen molar-refractivity contribution in [3.8, 4) is 11.5 Å². The Bertz CT molecular complexity index is 655. The molecule has 0 spiro atoms. The van der Waals surface area contributed by atoms with Gasteiger partial charge in [0.25, 0.3) is 0 Å². The maximum absolute atomic E-state index is 11.0. The van der Waals surface area contributed by atoms with Crippen molar-refractivity contribution in [3.05, 3.63) is 59.7 Å². The highest BCUT2D eigenvalue weighted by Gasteiger charge is 2.14. The highest BCUT2D eigenvalue weighted by atomic mass is 16.7. The van der Waals surface area contributed by atoms with Gasteiger partial charge in [0.05, 0.1) is 11.8 Å². The Hall–Kier alpha value is -2.82.